The maximum absolute atomic E-state index is 12.3. The quantitative estimate of drug-likeness (QED) is 0.800. The lowest BCUT2D eigenvalue weighted by atomic mass is 9.83. The largest absolute Gasteiger partial charge is 0.451 e. The van der Waals surface area contributed by atoms with Gasteiger partial charge in [0.05, 0.1) is 11.5 Å². The van der Waals surface area contributed by atoms with E-state index in [0.717, 1.165) is 19.3 Å². The second kappa shape index (κ2) is 7.35. The van der Waals surface area contributed by atoms with Crippen molar-refractivity contribution in [2.75, 3.05) is 6.61 Å². The summed E-state index contributed by atoms with van der Waals surface area (Å²) in [5, 5.41) is 18.7. The molecule has 2 N–H and O–H groups in total. The average molecular weight is 354 g/mol. The Kier molecular flexibility index (Phi) is 4.98. The van der Waals surface area contributed by atoms with E-state index in [1.54, 1.807) is 24.3 Å². The van der Waals surface area contributed by atoms with Crippen molar-refractivity contribution in [1.29, 1.82) is 5.26 Å². The lowest BCUT2D eigenvalue weighted by Crippen LogP contribution is -2.50. The van der Waals surface area contributed by atoms with Crippen molar-refractivity contribution in [3.8, 4) is 6.07 Å². The van der Waals surface area contributed by atoms with Crippen molar-refractivity contribution in [2.24, 2.45) is 0 Å². The van der Waals surface area contributed by atoms with Gasteiger partial charge in [-0.05, 0) is 18.9 Å². The van der Waals surface area contributed by atoms with Gasteiger partial charge in [0.25, 0.3) is 11.5 Å². The third kappa shape index (κ3) is 3.57. The van der Waals surface area contributed by atoms with E-state index in [1.807, 2.05) is 0 Å². The number of hydrogen-bond acceptors (Lipinski definition) is 6. The van der Waals surface area contributed by atoms with Crippen LogP contribution < -0.4 is 10.9 Å². The number of carbonyl (C=O) groups excluding carboxylic acids is 2. The van der Waals surface area contributed by atoms with Crippen LogP contribution in [0.3, 0.4) is 0 Å². The Morgan fingerprint density at radius 2 is 1.92 bits per heavy atom. The first-order chi connectivity index (χ1) is 12.5. The minimum absolute atomic E-state index is 0.0688. The van der Waals surface area contributed by atoms with Gasteiger partial charge < -0.3 is 10.1 Å². The molecule has 1 saturated carbocycles. The van der Waals surface area contributed by atoms with E-state index in [4.69, 9.17) is 4.74 Å². The molecule has 0 aliphatic heterocycles. The molecule has 0 saturated heterocycles. The van der Waals surface area contributed by atoms with Gasteiger partial charge in [-0.1, -0.05) is 37.5 Å². The second-order valence-electron chi connectivity index (χ2n) is 6.33. The van der Waals surface area contributed by atoms with Gasteiger partial charge in [-0.15, -0.1) is 0 Å². The van der Waals surface area contributed by atoms with Crippen LogP contribution in [0.4, 0.5) is 0 Å². The monoisotopic (exact) mass is 354 g/mol. The van der Waals surface area contributed by atoms with Gasteiger partial charge in [0, 0.05) is 5.39 Å². The fourth-order valence-electron chi connectivity index (χ4n) is 3.19. The Balaban J connectivity index is 1.68. The van der Waals surface area contributed by atoms with E-state index in [0.29, 0.717) is 23.6 Å². The number of aromatic nitrogens is 2. The summed E-state index contributed by atoms with van der Waals surface area (Å²) in [5.41, 5.74) is -1.37. The van der Waals surface area contributed by atoms with Crippen molar-refractivity contribution < 1.29 is 14.3 Å². The minimum Gasteiger partial charge on any atom is -0.451 e. The predicted octanol–water partition coefficient (Wildman–Crippen LogP) is 1.42. The highest BCUT2D eigenvalue weighted by Crippen LogP contribution is 2.27. The topological polar surface area (TPSA) is 125 Å². The van der Waals surface area contributed by atoms with Gasteiger partial charge in [-0.25, -0.2) is 9.89 Å². The number of carbonyl (C=O) groups is 2. The zero-order chi connectivity index (χ0) is 18.6. The van der Waals surface area contributed by atoms with Crippen molar-refractivity contribution in [3.05, 3.63) is 40.3 Å². The van der Waals surface area contributed by atoms with Crippen molar-refractivity contribution >= 4 is 22.6 Å². The molecule has 8 nitrogen and oxygen atoms in total. The fraction of sp³-hybridized carbons (Fsp3) is 0.389. The van der Waals surface area contributed by atoms with Crippen LogP contribution in [0, 0.1) is 11.3 Å². The molecule has 1 amide bonds. The molecule has 1 aliphatic carbocycles. The molecule has 134 valence electrons. The Bertz CT molecular complexity index is 938. The second-order valence-corrected chi connectivity index (χ2v) is 6.33. The summed E-state index contributed by atoms with van der Waals surface area (Å²) in [6.07, 6.45) is 3.98. The van der Waals surface area contributed by atoms with Gasteiger partial charge in [0.1, 0.15) is 5.54 Å². The van der Waals surface area contributed by atoms with E-state index in [-0.39, 0.29) is 5.69 Å². The van der Waals surface area contributed by atoms with Crippen LogP contribution >= 0.6 is 0 Å². The number of nitrogens with one attached hydrogen (secondary N) is 2. The molecule has 0 bridgehead atoms. The Morgan fingerprint density at radius 3 is 2.62 bits per heavy atom. The van der Waals surface area contributed by atoms with Crippen molar-refractivity contribution in [1.82, 2.24) is 15.5 Å². The van der Waals surface area contributed by atoms with Crippen LogP contribution in [0.1, 0.15) is 42.6 Å². The highest BCUT2D eigenvalue weighted by atomic mass is 16.5. The highest BCUT2D eigenvalue weighted by Gasteiger charge is 2.33. The highest BCUT2D eigenvalue weighted by molar-refractivity contribution is 6.02. The number of rotatable bonds is 4. The maximum atomic E-state index is 12.3. The summed E-state index contributed by atoms with van der Waals surface area (Å²) in [4.78, 5) is 36.1. The number of nitrogens with zero attached hydrogens (tertiary/aromatic N) is 2. The maximum Gasteiger partial charge on any atom is 0.359 e. The molecule has 1 fully saturated rings. The molecule has 1 aromatic heterocycles. The first-order valence-corrected chi connectivity index (χ1v) is 8.41. The molecule has 3 rings (SSSR count). The summed E-state index contributed by atoms with van der Waals surface area (Å²) in [6.45, 7) is -0.516. The summed E-state index contributed by atoms with van der Waals surface area (Å²) in [6, 6.07) is 8.67. The number of aromatic amines is 1. The molecule has 0 radical (unpaired) electrons. The Hall–Kier alpha value is -3.21. The van der Waals surface area contributed by atoms with E-state index in [1.165, 1.54) is 0 Å². The molecule has 26 heavy (non-hydrogen) atoms. The fourth-order valence-corrected chi connectivity index (χ4v) is 3.19. The standard InChI is InChI=1S/C18H18N4O4/c19-11-18(8-4-1-5-9-18)20-14(23)10-26-17(25)15-12-6-2-3-7-13(12)16(24)22-21-15/h2-3,6-7H,1,4-5,8-10H2,(H,20,23)(H,22,24). The van der Waals surface area contributed by atoms with Gasteiger partial charge in [0.2, 0.25) is 0 Å². The molecule has 1 aromatic carbocycles. The number of benzene rings is 1. The van der Waals surface area contributed by atoms with Crippen molar-refractivity contribution in [3.63, 3.8) is 0 Å². The summed E-state index contributed by atoms with van der Waals surface area (Å²) in [7, 11) is 0. The summed E-state index contributed by atoms with van der Waals surface area (Å²) >= 11 is 0. The molecule has 1 heterocycles. The number of amides is 1. The predicted molar refractivity (Wildman–Crippen MR) is 92.2 cm³/mol. The molecule has 8 heteroatoms. The van der Waals surface area contributed by atoms with Crippen LogP contribution in [0.15, 0.2) is 29.1 Å². The summed E-state index contributed by atoms with van der Waals surface area (Å²) in [5.74, 6) is -1.35. The molecule has 0 spiro atoms. The number of esters is 1. The molecular formula is C18H18N4O4. The van der Waals surface area contributed by atoms with Gasteiger partial charge in [-0.3, -0.25) is 9.59 Å². The molecule has 0 unspecified atom stereocenters. The zero-order valence-electron chi connectivity index (χ0n) is 14.1. The number of nitriles is 1. The van der Waals surface area contributed by atoms with Crippen LogP contribution in [0.5, 0.6) is 0 Å². The van der Waals surface area contributed by atoms with E-state index >= 15 is 0 Å². The van der Waals surface area contributed by atoms with Gasteiger partial charge >= 0.3 is 5.97 Å². The number of H-pyrrole nitrogens is 1. The van der Waals surface area contributed by atoms with Crippen LogP contribution in [-0.4, -0.2) is 34.2 Å². The number of ether oxygens (including phenoxy) is 1. The minimum atomic E-state index is -0.884. The SMILES string of the molecule is N#CC1(NC(=O)COC(=O)c2n[nH]c(=O)c3ccccc23)CCCCC1. The zero-order valence-corrected chi connectivity index (χ0v) is 14.1. The van der Waals surface area contributed by atoms with Crippen LogP contribution in [-0.2, 0) is 9.53 Å². The van der Waals surface area contributed by atoms with Crippen LogP contribution in [0.2, 0.25) is 0 Å². The molecule has 2 aromatic rings. The van der Waals surface area contributed by atoms with Gasteiger partial charge in [-0.2, -0.15) is 10.4 Å². The lowest BCUT2D eigenvalue weighted by Gasteiger charge is -2.31. The first kappa shape index (κ1) is 17.6. The third-order valence-electron chi connectivity index (χ3n) is 4.52. The number of hydrogen-bond donors (Lipinski definition) is 2. The van der Waals surface area contributed by atoms with E-state index < -0.39 is 29.6 Å². The lowest BCUT2D eigenvalue weighted by molar-refractivity contribution is -0.125. The molecule has 1 aliphatic rings. The Labute approximate surface area is 149 Å². The number of fused-ring (bicyclic) bond motifs is 1. The summed E-state index contributed by atoms with van der Waals surface area (Å²) < 4.78 is 5.02. The smallest absolute Gasteiger partial charge is 0.359 e. The Morgan fingerprint density at radius 1 is 1.23 bits per heavy atom. The van der Waals surface area contributed by atoms with Crippen LogP contribution in [0.25, 0.3) is 10.8 Å². The molecule has 0 atom stereocenters. The first-order valence-electron chi connectivity index (χ1n) is 8.41. The average Bonchev–Trinajstić information content (AvgIpc) is 2.67. The van der Waals surface area contributed by atoms with E-state index in [9.17, 15) is 19.6 Å². The van der Waals surface area contributed by atoms with E-state index in [2.05, 4.69) is 21.6 Å². The molecular weight excluding hydrogens is 336 g/mol. The third-order valence-corrected chi connectivity index (χ3v) is 4.52. The van der Waals surface area contributed by atoms with Gasteiger partial charge in [0.15, 0.2) is 12.3 Å². The van der Waals surface area contributed by atoms with Crippen molar-refractivity contribution in [2.45, 2.75) is 37.6 Å². The normalized spacial score (nSPS) is 15.8.